The summed E-state index contributed by atoms with van der Waals surface area (Å²) in [6.45, 7) is 4.40. The number of anilines is 1. The van der Waals surface area contributed by atoms with E-state index in [1.54, 1.807) is 6.92 Å². The van der Waals surface area contributed by atoms with Gasteiger partial charge in [0.1, 0.15) is 12.0 Å². The highest BCUT2D eigenvalue weighted by atomic mass is 19.4. The number of benzene rings is 2. The summed E-state index contributed by atoms with van der Waals surface area (Å²) in [5, 5.41) is 21.6. The van der Waals surface area contributed by atoms with Crippen molar-refractivity contribution in [3.8, 4) is 12.1 Å². The van der Waals surface area contributed by atoms with Crippen LogP contribution in [0.3, 0.4) is 0 Å². The monoisotopic (exact) mass is 524 g/mol. The van der Waals surface area contributed by atoms with Crippen LogP contribution in [0.4, 0.5) is 18.9 Å². The summed E-state index contributed by atoms with van der Waals surface area (Å²) in [5.74, 6) is -5.30. The number of alkyl halides is 3. The van der Waals surface area contributed by atoms with E-state index in [9.17, 15) is 32.8 Å². The van der Waals surface area contributed by atoms with E-state index >= 15 is 0 Å². The van der Waals surface area contributed by atoms with Gasteiger partial charge in [0.25, 0.3) is 0 Å². The molecule has 0 radical (unpaired) electrons. The molecule has 1 N–H and O–H groups in total. The molecule has 8 nitrogen and oxygen atoms in total. The molecule has 0 fully saturated rings. The van der Waals surface area contributed by atoms with Gasteiger partial charge in [-0.1, -0.05) is 18.2 Å². The van der Waals surface area contributed by atoms with Crippen molar-refractivity contribution in [1.82, 2.24) is 5.32 Å². The van der Waals surface area contributed by atoms with E-state index in [4.69, 9.17) is 10.00 Å². The lowest BCUT2D eigenvalue weighted by Gasteiger charge is -2.38. The van der Waals surface area contributed by atoms with E-state index in [2.05, 4.69) is 5.32 Å². The highest BCUT2D eigenvalue weighted by molar-refractivity contribution is 6.12. The molecular formula is C27H23F3N4O4. The van der Waals surface area contributed by atoms with Crippen LogP contribution in [0.2, 0.25) is 0 Å². The molecule has 3 atom stereocenters. The van der Waals surface area contributed by atoms with Gasteiger partial charge in [-0.25, -0.2) is 4.79 Å². The molecule has 2 amide bonds. The van der Waals surface area contributed by atoms with Crippen molar-refractivity contribution in [1.29, 1.82) is 10.5 Å². The minimum Gasteiger partial charge on any atom is -0.464 e. The van der Waals surface area contributed by atoms with E-state index in [-0.39, 0.29) is 23.6 Å². The standard InChI is InChI=1S/C27H23F3N4O4/c1-4-38-26(37)15(2)33-24(35)23-22(18-10-8-17(13-31)9-11-18)21(14-32)16(3)34(25(23)36)20-7-5-6-19(12-20)27(28,29)30/h5-12,15,22-23H,4H2,1-3H3,(H,33,35). The first-order valence-electron chi connectivity index (χ1n) is 11.5. The lowest BCUT2D eigenvalue weighted by molar-refractivity contribution is -0.148. The molecule has 0 bridgehead atoms. The molecule has 1 aliphatic heterocycles. The predicted molar refractivity (Wildman–Crippen MR) is 129 cm³/mol. The third-order valence-corrected chi connectivity index (χ3v) is 6.09. The second-order valence-corrected chi connectivity index (χ2v) is 8.50. The van der Waals surface area contributed by atoms with Crippen LogP contribution in [0.1, 0.15) is 43.4 Å². The number of halogens is 3. The number of rotatable bonds is 6. The first-order valence-corrected chi connectivity index (χ1v) is 11.5. The van der Waals surface area contributed by atoms with Crippen LogP contribution in [0.5, 0.6) is 0 Å². The highest BCUT2D eigenvalue weighted by Crippen LogP contribution is 2.43. The van der Waals surface area contributed by atoms with Crippen molar-refractivity contribution in [3.05, 3.63) is 76.5 Å². The molecule has 0 saturated heterocycles. The summed E-state index contributed by atoms with van der Waals surface area (Å²) in [4.78, 5) is 40.4. The molecule has 0 aliphatic carbocycles. The zero-order chi connectivity index (χ0) is 28.2. The van der Waals surface area contributed by atoms with E-state index in [0.29, 0.717) is 11.1 Å². The smallest absolute Gasteiger partial charge is 0.416 e. The third-order valence-electron chi connectivity index (χ3n) is 6.09. The Labute approximate surface area is 216 Å². The normalized spacial score (nSPS) is 18.3. The molecule has 1 aliphatic rings. The Bertz CT molecular complexity index is 1370. The van der Waals surface area contributed by atoms with Gasteiger partial charge in [0.15, 0.2) is 0 Å². The number of nitriles is 2. The van der Waals surface area contributed by atoms with Crippen molar-refractivity contribution >= 4 is 23.5 Å². The summed E-state index contributed by atoms with van der Waals surface area (Å²) >= 11 is 0. The Hall–Kier alpha value is -4.64. The molecule has 0 saturated carbocycles. The number of nitrogens with one attached hydrogen (secondary N) is 1. The van der Waals surface area contributed by atoms with Gasteiger partial charge in [0.2, 0.25) is 11.8 Å². The molecular weight excluding hydrogens is 501 g/mol. The summed E-state index contributed by atoms with van der Waals surface area (Å²) in [7, 11) is 0. The number of hydrogen-bond donors (Lipinski definition) is 1. The number of esters is 1. The van der Waals surface area contributed by atoms with Gasteiger partial charge in [-0.05, 0) is 56.7 Å². The number of hydrogen-bond acceptors (Lipinski definition) is 6. The van der Waals surface area contributed by atoms with Gasteiger partial charge in [-0.15, -0.1) is 0 Å². The average molecular weight is 524 g/mol. The van der Waals surface area contributed by atoms with E-state index in [1.165, 1.54) is 44.2 Å². The van der Waals surface area contributed by atoms with E-state index in [1.807, 2.05) is 12.1 Å². The van der Waals surface area contributed by atoms with Gasteiger partial charge < -0.3 is 10.1 Å². The number of carbonyl (C=O) groups is 3. The molecule has 0 aromatic heterocycles. The first kappa shape index (κ1) is 27.9. The topological polar surface area (TPSA) is 123 Å². The molecule has 196 valence electrons. The van der Waals surface area contributed by atoms with Gasteiger partial charge in [-0.3, -0.25) is 14.5 Å². The number of nitrogens with zero attached hydrogens (tertiary/aromatic N) is 3. The van der Waals surface area contributed by atoms with Crippen molar-refractivity contribution < 1.29 is 32.3 Å². The fourth-order valence-corrected chi connectivity index (χ4v) is 4.27. The molecule has 38 heavy (non-hydrogen) atoms. The fraction of sp³-hybridized carbons (Fsp3) is 0.296. The lowest BCUT2D eigenvalue weighted by Crippen LogP contribution is -2.52. The highest BCUT2D eigenvalue weighted by Gasteiger charge is 2.47. The average Bonchev–Trinajstić information content (AvgIpc) is 2.88. The first-order chi connectivity index (χ1) is 17.9. The van der Waals surface area contributed by atoms with Crippen LogP contribution in [-0.4, -0.2) is 30.4 Å². The van der Waals surface area contributed by atoms with Gasteiger partial charge in [0, 0.05) is 17.3 Å². The summed E-state index contributed by atoms with van der Waals surface area (Å²) < 4.78 is 45.1. The Morgan fingerprint density at radius 1 is 1.13 bits per heavy atom. The molecule has 0 spiro atoms. The third kappa shape index (κ3) is 5.52. The Morgan fingerprint density at radius 2 is 1.79 bits per heavy atom. The number of amides is 2. The second kappa shape index (κ2) is 11.2. The molecule has 2 aromatic rings. The van der Waals surface area contributed by atoms with Crippen LogP contribution < -0.4 is 10.2 Å². The maximum atomic E-state index is 13.9. The molecule has 3 rings (SSSR count). The molecule has 1 heterocycles. The fourth-order valence-electron chi connectivity index (χ4n) is 4.27. The van der Waals surface area contributed by atoms with Crippen molar-refractivity contribution in [2.24, 2.45) is 5.92 Å². The van der Waals surface area contributed by atoms with Crippen molar-refractivity contribution in [2.75, 3.05) is 11.5 Å². The minimum absolute atomic E-state index is 0.0318. The SMILES string of the molecule is CCOC(=O)C(C)NC(=O)C1C(=O)N(c2cccc(C(F)(F)F)c2)C(C)=C(C#N)C1c1ccc(C#N)cc1. The molecule has 11 heteroatoms. The maximum Gasteiger partial charge on any atom is 0.416 e. The largest absolute Gasteiger partial charge is 0.464 e. The second-order valence-electron chi connectivity index (χ2n) is 8.50. The van der Waals surface area contributed by atoms with Crippen LogP contribution in [0.25, 0.3) is 0 Å². The van der Waals surface area contributed by atoms with Crippen LogP contribution in [0.15, 0.2) is 59.8 Å². The summed E-state index contributed by atoms with van der Waals surface area (Å²) in [5.41, 5.74) is -0.507. The minimum atomic E-state index is -4.69. The van der Waals surface area contributed by atoms with E-state index < -0.39 is 47.4 Å². The number of ether oxygens (including phenoxy) is 1. The van der Waals surface area contributed by atoms with Crippen LogP contribution in [0, 0.1) is 28.6 Å². The van der Waals surface area contributed by atoms with Crippen molar-refractivity contribution in [3.63, 3.8) is 0 Å². The van der Waals surface area contributed by atoms with Gasteiger partial charge >= 0.3 is 12.1 Å². The number of allylic oxidation sites excluding steroid dienone is 2. The van der Waals surface area contributed by atoms with Crippen LogP contribution in [-0.2, 0) is 25.3 Å². The summed E-state index contributed by atoms with van der Waals surface area (Å²) in [6, 6.07) is 12.7. The predicted octanol–water partition coefficient (Wildman–Crippen LogP) is 4.19. The van der Waals surface area contributed by atoms with Crippen molar-refractivity contribution in [2.45, 2.75) is 38.9 Å². The van der Waals surface area contributed by atoms with Crippen LogP contribution >= 0.6 is 0 Å². The summed E-state index contributed by atoms with van der Waals surface area (Å²) in [6.07, 6.45) is -4.69. The Kier molecular flexibility index (Phi) is 8.22. The number of carbonyl (C=O) groups excluding carboxylic acids is 3. The maximum absolute atomic E-state index is 13.9. The van der Waals surface area contributed by atoms with Gasteiger partial charge in [-0.2, -0.15) is 23.7 Å². The Balaban J connectivity index is 2.19. The van der Waals surface area contributed by atoms with E-state index in [0.717, 1.165) is 23.1 Å². The lowest BCUT2D eigenvalue weighted by atomic mass is 9.75. The molecule has 2 aromatic carbocycles. The zero-order valence-electron chi connectivity index (χ0n) is 20.7. The Morgan fingerprint density at radius 3 is 2.34 bits per heavy atom. The zero-order valence-corrected chi connectivity index (χ0v) is 20.7. The molecule has 3 unspecified atom stereocenters. The quantitative estimate of drug-likeness (QED) is 0.447. The van der Waals surface area contributed by atoms with Gasteiger partial charge in [0.05, 0.1) is 35.4 Å².